The number of aromatic amines is 1. The van der Waals surface area contributed by atoms with Crippen LogP contribution in [0.3, 0.4) is 0 Å². The van der Waals surface area contributed by atoms with E-state index >= 15 is 0 Å². The van der Waals surface area contributed by atoms with Crippen LogP contribution < -0.4 is 5.56 Å². The Kier molecular flexibility index (Phi) is 6.74. The van der Waals surface area contributed by atoms with Gasteiger partial charge in [-0.05, 0) is 56.0 Å². The molecule has 0 unspecified atom stereocenters. The van der Waals surface area contributed by atoms with Crippen LogP contribution in [0.5, 0.6) is 0 Å². The molecular weight excluding hydrogens is 466 g/mol. The number of nitriles is 1. The number of para-hydroxylation sites is 1. The van der Waals surface area contributed by atoms with Crippen LogP contribution in [0.15, 0.2) is 40.2 Å². The molecule has 3 heterocycles. The molecule has 35 heavy (non-hydrogen) atoms. The van der Waals surface area contributed by atoms with Crippen LogP contribution >= 0.6 is 0 Å². The van der Waals surface area contributed by atoms with Gasteiger partial charge >= 0.3 is 0 Å². The molecule has 9 nitrogen and oxygen atoms in total. The van der Waals surface area contributed by atoms with Gasteiger partial charge in [0.25, 0.3) is 5.56 Å². The van der Waals surface area contributed by atoms with E-state index in [9.17, 15) is 23.3 Å². The van der Waals surface area contributed by atoms with Gasteiger partial charge < -0.3 is 9.88 Å². The van der Waals surface area contributed by atoms with Gasteiger partial charge in [-0.2, -0.15) is 9.57 Å². The number of carbonyl (C=O) groups is 1. The van der Waals surface area contributed by atoms with Crippen LogP contribution in [-0.4, -0.2) is 59.7 Å². The number of nitrogens with one attached hydrogen (secondary N) is 1. The number of nitrogens with zero attached hydrogens (tertiary/aromatic N) is 4. The number of fused-ring (bicyclic) bond motifs is 1. The Morgan fingerprint density at radius 1 is 1.17 bits per heavy atom. The third-order valence-electron chi connectivity index (χ3n) is 6.53. The van der Waals surface area contributed by atoms with Crippen molar-refractivity contribution in [2.24, 2.45) is 0 Å². The first-order chi connectivity index (χ1) is 16.6. The molecule has 4 rings (SSSR count). The van der Waals surface area contributed by atoms with Crippen molar-refractivity contribution in [3.8, 4) is 6.07 Å². The number of piperazine rings is 1. The molecule has 1 fully saturated rings. The average molecular weight is 494 g/mol. The molecule has 0 aliphatic carbocycles. The number of H-pyrrole nitrogens is 1. The summed E-state index contributed by atoms with van der Waals surface area (Å²) in [6.07, 6.45) is 2.25. The zero-order chi connectivity index (χ0) is 25.3. The van der Waals surface area contributed by atoms with Gasteiger partial charge in [-0.1, -0.05) is 12.1 Å². The predicted molar refractivity (Wildman–Crippen MR) is 131 cm³/mol. The minimum atomic E-state index is -3.76. The van der Waals surface area contributed by atoms with Crippen molar-refractivity contribution in [3.63, 3.8) is 0 Å². The summed E-state index contributed by atoms with van der Waals surface area (Å²) in [4.78, 5) is 33.6. The highest BCUT2D eigenvalue weighted by Gasteiger charge is 2.31. The molecule has 1 amide bonds. The van der Waals surface area contributed by atoms with Gasteiger partial charge in [-0.3, -0.25) is 14.6 Å². The lowest BCUT2D eigenvalue weighted by Gasteiger charge is -2.34. The summed E-state index contributed by atoms with van der Waals surface area (Å²) >= 11 is 0. The maximum absolute atomic E-state index is 13.4. The third-order valence-corrected chi connectivity index (χ3v) is 8.46. The number of rotatable bonds is 5. The summed E-state index contributed by atoms with van der Waals surface area (Å²) in [6.45, 7) is 6.37. The summed E-state index contributed by atoms with van der Waals surface area (Å²) < 4.78 is 28.1. The number of benzene rings is 1. The first-order valence-corrected chi connectivity index (χ1v) is 12.8. The van der Waals surface area contributed by atoms with Crippen molar-refractivity contribution >= 4 is 26.8 Å². The fourth-order valence-corrected chi connectivity index (χ4v) is 6.17. The molecule has 3 aromatic rings. The SMILES string of the molecule is Cc1cnc2c(S(=O)(=O)N3CCN(C(=O)CCc4c(C)[nH]c(=O)c(C#N)c4C)CC3)cccc2c1. The quantitative estimate of drug-likeness (QED) is 0.580. The molecule has 2 aromatic heterocycles. The monoisotopic (exact) mass is 493 g/mol. The minimum absolute atomic E-state index is 0.0648. The largest absolute Gasteiger partial charge is 0.340 e. The van der Waals surface area contributed by atoms with Crippen molar-refractivity contribution in [2.45, 2.75) is 38.5 Å². The number of pyridine rings is 2. The maximum Gasteiger partial charge on any atom is 0.266 e. The number of aromatic nitrogens is 2. The van der Waals surface area contributed by atoms with Crippen LogP contribution in [0.4, 0.5) is 0 Å². The Labute approximate surface area is 204 Å². The Morgan fingerprint density at radius 3 is 2.57 bits per heavy atom. The highest BCUT2D eigenvalue weighted by Crippen LogP contribution is 2.26. The fraction of sp³-hybridized carbons (Fsp3) is 0.360. The van der Waals surface area contributed by atoms with Crippen LogP contribution in [0.2, 0.25) is 0 Å². The van der Waals surface area contributed by atoms with Gasteiger partial charge in [0.1, 0.15) is 16.5 Å². The lowest BCUT2D eigenvalue weighted by Crippen LogP contribution is -2.50. The second kappa shape index (κ2) is 9.60. The molecule has 0 atom stereocenters. The van der Waals surface area contributed by atoms with Gasteiger partial charge in [0.2, 0.25) is 15.9 Å². The van der Waals surface area contributed by atoms with E-state index in [1.165, 1.54) is 4.31 Å². The van der Waals surface area contributed by atoms with Gasteiger partial charge in [0.15, 0.2) is 0 Å². The second-order valence-corrected chi connectivity index (χ2v) is 10.7. The number of hydrogen-bond donors (Lipinski definition) is 1. The summed E-state index contributed by atoms with van der Waals surface area (Å²) in [6, 6.07) is 8.96. The predicted octanol–water partition coefficient (Wildman–Crippen LogP) is 2.19. The number of hydrogen-bond acceptors (Lipinski definition) is 6. The van der Waals surface area contributed by atoms with E-state index in [1.807, 2.05) is 25.1 Å². The lowest BCUT2D eigenvalue weighted by molar-refractivity contribution is -0.132. The average Bonchev–Trinajstić information content (AvgIpc) is 2.83. The van der Waals surface area contributed by atoms with Crippen molar-refractivity contribution < 1.29 is 13.2 Å². The van der Waals surface area contributed by atoms with Crippen LogP contribution in [0.1, 0.15) is 34.4 Å². The van der Waals surface area contributed by atoms with Crippen LogP contribution in [0, 0.1) is 32.1 Å². The normalized spacial score (nSPS) is 14.7. The molecule has 0 radical (unpaired) electrons. The highest BCUT2D eigenvalue weighted by atomic mass is 32.2. The van der Waals surface area contributed by atoms with E-state index in [0.29, 0.717) is 36.3 Å². The van der Waals surface area contributed by atoms with Crippen molar-refractivity contribution in [1.82, 2.24) is 19.2 Å². The molecule has 1 N–H and O–H groups in total. The van der Waals surface area contributed by atoms with E-state index in [0.717, 1.165) is 16.5 Å². The Bertz CT molecular complexity index is 1510. The maximum atomic E-state index is 13.4. The molecular formula is C25H27N5O4S. The van der Waals surface area contributed by atoms with Crippen molar-refractivity contribution in [3.05, 3.63) is 68.8 Å². The van der Waals surface area contributed by atoms with E-state index in [2.05, 4.69) is 9.97 Å². The smallest absolute Gasteiger partial charge is 0.266 e. The summed E-state index contributed by atoms with van der Waals surface area (Å²) in [5.74, 6) is -0.0899. The fourth-order valence-electron chi connectivity index (χ4n) is 4.58. The molecule has 0 saturated carbocycles. The zero-order valence-electron chi connectivity index (χ0n) is 20.0. The molecule has 0 spiro atoms. The van der Waals surface area contributed by atoms with Gasteiger partial charge in [0, 0.05) is 49.9 Å². The molecule has 10 heteroatoms. The summed E-state index contributed by atoms with van der Waals surface area (Å²) in [7, 11) is -3.76. The Balaban J connectivity index is 1.44. The highest BCUT2D eigenvalue weighted by molar-refractivity contribution is 7.89. The van der Waals surface area contributed by atoms with E-state index in [-0.39, 0.29) is 35.9 Å². The van der Waals surface area contributed by atoms with Gasteiger partial charge in [-0.25, -0.2) is 8.42 Å². The topological polar surface area (TPSA) is 127 Å². The first kappa shape index (κ1) is 24.6. The van der Waals surface area contributed by atoms with Crippen LogP contribution in [0.25, 0.3) is 10.9 Å². The molecule has 1 aromatic carbocycles. The van der Waals surface area contributed by atoms with Gasteiger partial charge in [0.05, 0.1) is 5.52 Å². The number of amides is 1. The Morgan fingerprint density at radius 2 is 1.89 bits per heavy atom. The Hall–Kier alpha value is -3.55. The molecule has 1 aliphatic heterocycles. The number of carbonyl (C=O) groups excluding carboxylic acids is 1. The van der Waals surface area contributed by atoms with E-state index in [1.54, 1.807) is 37.1 Å². The summed E-state index contributed by atoms with van der Waals surface area (Å²) in [5, 5.41) is 10.0. The van der Waals surface area contributed by atoms with E-state index in [4.69, 9.17) is 0 Å². The molecule has 1 saturated heterocycles. The van der Waals surface area contributed by atoms with E-state index < -0.39 is 15.6 Å². The minimum Gasteiger partial charge on any atom is -0.340 e. The van der Waals surface area contributed by atoms with Crippen molar-refractivity contribution in [2.75, 3.05) is 26.2 Å². The molecule has 1 aliphatic rings. The number of aryl methyl sites for hydroxylation is 2. The first-order valence-electron chi connectivity index (χ1n) is 11.4. The number of sulfonamides is 1. The van der Waals surface area contributed by atoms with Gasteiger partial charge in [-0.15, -0.1) is 0 Å². The summed E-state index contributed by atoms with van der Waals surface area (Å²) in [5.41, 5.74) is 3.07. The molecule has 0 bridgehead atoms. The zero-order valence-corrected chi connectivity index (χ0v) is 20.8. The van der Waals surface area contributed by atoms with Crippen molar-refractivity contribution in [1.29, 1.82) is 5.26 Å². The third kappa shape index (κ3) is 4.70. The lowest BCUT2D eigenvalue weighted by atomic mass is 9.99. The second-order valence-electron chi connectivity index (χ2n) is 8.79. The molecule has 182 valence electrons. The van der Waals surface area contributed by atoms with Crippen LogP contribution in [-0.2, 0) is 21.2 Å². The standard InChI is InChI=1S/C25H27N5O4S/c1-16-13-19-5-4-6-22(24(19)27-15-16)35(33,34)30-11-9-29(10-12-30)23(31)8-7-20-17(2)21(14-26)25(32)28-18(20)3/h4-6,13,15H,7-12H2,1-3H3,(H,28,32).